The fourth-order valence-corrected chi connectivity index (χ4v) is 2.52. The Morgan fingerprint density at radius 3 is 2.65 bits per heavy atom. The van der Waals surface area contributed by atoms with Gasteiger partial charge in [-0.25, -0.2) is 0 Å². The van der Waals surface area contributed by atoms with Gasteiger partial charge >= 0.3 is 0 Å². The van der Waals surface area contributed by atoms with Gasteiger partial charge in [0.1, 0.15) is 5.75 Å². The van der Waals surface area contributed by atoms with Crippen LogP contribution in [0.1, 0.15) is 32.6 Å². The van der Waals surface area contributed by atoms with Gasteiger partial charge in [0.2, 0.25) is 0 Å². The van der Waals surface area contributed by atoms with Crippen LogP contribution >= 0.6 is 0 Å². The minimum absolute atomic E-state index is 0.0472. The van der Waals surface area contributed by atoms with E-state index in [2.05, 4.69) is 5.32 Å². The third kappa shape index (κ3) is 3.84. The Morgan fingerprint density at radius 1 is 1.35 bits per heavy atom. The average Bonchev–Trinajstić information content (AvgIpc) is 2.41. The summed E-state index contributed by atoms with van der Waals surface area (Å²) in [6.45, 7) is 2.34. The molecule has 0 aliphatic heterocycles. The van der Waals surface area contributed by atoms with E-state index in [-0.39, 0.29) is 11.7 Å². The van der Waals surface area contributed by atoms with Crippen LogP contribution in [-0.2, 0) is 0 Å². The number of nitro benzene ring substituents is 1. The SMILES string of the molecule is CCOc1cc(NC2CCC(N)CC2)cc([N+](=O)[O-])c1. The van der Waals surface area contributed by atoms with Crippen molar-refractivity contribution < 1.29 is 9.66 Å². The minimum Gasteiger partial charge on any atom is -0.494 e. The van der Waals surface area contributed by atoms with E-state index in [0.29, 0.717) is 18.4 Å². The van der Waals surface area contributed by atoms with E-state index in [9.17, 15) is 10.1 Å². The zero-order chi connectivity index (χ0) is 14.5. The number of anilines is 1. The van der Waals surface area contributed by atoms with Crippen molar-refractivity contribution >= 4 is 11.4 Å². The molecule has 1 saturated carbocycles. The highest BCUT2D eigenvalue weighted by Crippen LogP contribution is 2.28. The largest absolute Gasteiger partial charge is 0.494 e. The molecule has 0 saturated heterocycles. The van der Waals surface area contributed by atoms with E-state index in [1.54, 1.807) is 6.07 Å². The van der Waals surface area contributed by atoms with Crippen LogP contribution in [0.2, 0.25) is 0 Å². The second kappa shape index (κ2) is 6.56. The maximum absolute atomic E-state index is 11.0. The van der Waals surface area contributed by atoms with Gasteiger partial charge in [0, 0.05) is 29.9 Å². The Bertz CT molecular complexity index is 471. The lowest BCUT2D eigenvalue weighted by Crippen LogP contribution is -2.32. The maximum Gasteiger partial charge on any atom is 0.275 e. The first-order chi connectivity index (χ1) is 9.58. The van der Waals surface area contributed by atoms with Crippen LogP contribution in [0, 0.1) is 10.1 Å². The third-order valence-corrected chi connectivity index (χ3v) is 3.56. The Hall–Kier alpha value is -1.82. The molecule has 20 heavy (non-hydrogen) atoms. The fraction of sp³-hybridized carbons (Fsp3) is 0.571. The summed E-state index contributed by atoms with van der Waals surface area (Å²) in [5, 5.41) is 14.3. The van der Waals surface area contributed by atoms with Crippen molar-refractivity contribution in [2.75, 3.05) is 11.9 Å². The Kier molecular flexibility index (Phi) is 4.79. The van der Waals surface area contributed by atoms with Crippen LogP contribution in [0.15, 0.2) is 18.2 Å². The lowest BCUT2D eigenvalue weighted by atomic mass is 9.91. The Balaban J connectivity index is 2.11. The molecule has 1 fully saturated rings. The highest BCUT2D eigenvalue weighted by Gasteiger charge is 2.19. The van der Waals surface area contributed by atoms with E-state index in [4.69, 9.17) is 10.5 Å². The lowest BCUT2D eigenvalue weighted by molar-refractivity contribution is -0.384. The molecule has 0 spiro atoms. The summed E-state index contributed by atoms with van der Waals surface area (Å²) in [7, 11) is 0. The molecular weight excluding hydrogens is 258 g/mol. The summed E-state index contributed by atoms with van der Waals surface area (Å²) >= 11 is 0. The van der Waals surface area contributed by atoms with Gasteiger partial charge in [-0.1, -0.05) is 0 Å². The van der Waals surface area contributed by atoms with Gasteiger partial charge in [-0.3, -0.25) is 10.1 Å². The van der Waals surface area contributed by atoms with E-state index in [1.807, 2.05) is 13.0 Å². The average molecular weight is 279 g/mol. The Morgan fingerprint density at radius 2 is 2.05 bits per heavy atom. The predicted octanol–water partition coefficient (Wildman–Crippen LogP) is 2.68. The van der Waals surface area contributed by atoms with Crippen LogP contribution in [-0.4, -0.2) is 23.6 Å². The van der Waals surface area contributed by atoms with Crippen LogP contribution in [0.3, 0.4) is 0 Å². The summed E-state index contributed by atoms with van der Waals surface area (Å²) < 4.78 is 5.38. The summed E-state index contributed by atoms with van der Waals surface area (Å²) in [5.41, 5.74) is 6.67. The highest BCUT2D eigenvalue weighted by molar-refractivity contribution is 5.56. The van der Waals surface area contributed by atoms with Crippen molar-refractivity contribution in [2.24, 2.45) is 5.73 Å². The maximum atomic E-state index is 11.0. The van der Waals surface area contributed by atoms with Crippen LogP contribution in [0.25, 0.3) is 0 Å². The molecule has 0 radical (unpaired) electrons. The smallest absolute Gasteiger partial charge is 0.275 e. The Labute approximate surface area is 118 Å². The number of nitrogens with zero attached hydrogens (tertiary/aromatic N) is 1. The van der Waals surface area contributed by atoms with Crippen molar-refractivity contribution in [3.8, 4) is 5.75 Å². The number of hydrogen-bond donors (Lipinski definition) is 2. The fourth-order valence-electron chi connectivity index (χ4n) is 2.52. The van der Waals surface area contributed by atoms with E-state index in [0.717, 1.165) is 31.4 Å². The van der Waals surface area contributed by atoms with Gasteiger partial charge in [0.05, 0.1) is 17.6 Å². The summed E-state index contributed by atoms with van der Waals surface area (Å²) in [4.78, 5) is 10.6. The number of hydrogen-bond acceptors (Lipinski definition) is 5. The molecule has 0 bridgehead atoms. The molecule has 0 aromatic heterocycles. The highest BCUT2D eigenvalue weighted by atomic mass is 16.6. The molecule has 0 heterocycles. The molecule has 1 aromatic rings. The van der Waals surface area contributed by atoms with Gasteiger partial charge in [-0.15, -0.1) is 0 Å². The second-order valence-corrected chi connectivity index (χ2v) is 5.16. The summed E-state index contributed by atoms with van der Waals surface area (Å²) in [6.07, 6.45) is 3.97. The molecule has 3 N–H and O–H groups in total. The van der Waals surface area contributed by atoms with Crippen molar-refractivity contribution in [2.45, 2.75) is 44.7 Å². The van der Waals surface area contributed by atoms with Gasteiger partial charge in [0.15, 0.2) is 0 Å². The van der Waals surface area contributed by atoms with E-state index < -0.39 is 4.92 Å². The summed E-state index contributed by atoms with van der Waals surface area (Å²) in [5.74, 6) is 0.525. The number of nitrogens with one attached hydrogen (secondary N) is 1. The molecule has 0 unspecified atom stereocenters. The third-order valence-electron chi connectivity index (χ3n) is 3.56. The second-order valence-electron chi connectivity index (χ2n) is 5.16. The topological polar surface area (TPSA) is 90.4 Å². The first-order valence-corrected chi connectivity index (χ1v) is 7.03. The van der Waals surface area contributed by atoms with Gasteiger partial charge in [0.25, 0.3) is 5.69 Å². The molecule has 6 nitrogen and oxygen atoms in total. The van der Waals surface area contributed by atoms with Crippen molar-refractivity contribution in [1.29, 1.82) is 0 Å². The van der Waals surface area contributed by atoms with Crippen LogP contribution in [0.4, 0.5) is 11.4 Å². The zero-order valence-electron chi connectivity index (χ0n) is 11.7. The molecule has 1 aromatic carbocycles. The minimum atomic E-state index is -0.398. The number of nitro groups is 1. The van der Waals surface area contributed by atoms with Crippen LogP contribution < -0.4 is 15.8 Å². The van der Waals surface area contributed by atoms with Gasteiger partial charge in [-0.2, -0.15) is 0 Å². The summed E-state index contributed by atoms with van der Waals surface area (Å²) in [6, 6.07) is 5.43. The van der Waals surface area contributed by atoms with E-state index in [1.165, 1.54) is 6.07 Å². The normalized spacial score (nSPS) is 22.3. The lowest BCUT2D eigenvalue weighted by Gasteiger charge is -2.27. The number of benzene rings is 1. The molecule has 0 atom stereocenters. The standard InChI is InChI=1S/C14H21N3O3/c1-2-20-14-8-12(7-13(9-14)17(18)19)16-11-5-3-10(15)4-6-11/h7-11,16H,2-6,15H2,1H3. The molecular formula is C14H21N3O3. The quantitative estimate of drug-likeness (QED) is 0.638. The van der Waals surface area contributed by atoms with Crippen molar-refractivity contribution in [3.05, 3.63) is 28.3 Å². The monoisotopic (exact) mass is 279 g/mol. The molecule has 110 valence electrons. The molecule has 0 amide bonds. The van der Waals surface area contributed by atoms with Gasteiger partial charge in [-0.05, 0) is 32.6 Å². The number of ether oxygens (including phenoxy) is 1. The molecule has 1 aliphatic rings. The molecule has 6 heteroatoms. The zero-order valence-corrected chi connectivity index (χ0v) is 11.7. The van der Waals surface area contributed by atoms with Crippen molar-refractivity contribution in [3.63, 3.8) is 0 Å². The number of non-ortho nitro benzene ring substituents is 1. The van der Waals surface area contributed by atoms with Gasteiger partial charge < -0.3 is 15.8 Å². The predicted molar refractivity (Wildman–Crippen MR) is 78.1 cm³/mol. The van der Waals surface area contributed by atoms with E-state index >= 15 is 0 Å². The number of rotatable bonds is 5. The molecule has 1 aliphatic carbocycles. The van der Waals surface area contributed by atoms with Crippen LogP contribution in [0.5, 0.6) is 5.75 Å². The van der Waals surface area contributed by atoms with Crippen molar-refractivity contribution in [1.82, 2.24) is 0 Å². The number of nitrogens with two attached hydrogens (primary N) is 1. The first-order valence-electron chi connectivity index (χ1n) is 7.03. The molecule has 2 rings (SSSR count). The first kappa shape index (κ1) is 14.6.